The molecule has 0 saturated carbocycles. The van der Waals surface area contributed by atoms with Gasteiger partial charge in [0.15, 0.2) is 0 Å². The molecule has 5 heteroatoms. The molecule has 4 nitrogen and oxygen atoms in total. The van der Waals surface area contributed by atoms with E-state index in [1.165, 1.54) is 0 Å². The van der Waals surface area contributed by atoms with Crippen LogP contribution in [0.5, 0.6) is 5.75 Å². The summed E-state index contributed by atoms with van der Waals surface area (Å²) < 4.78 is 10.8. The van der Waals surface area contributed by atoms with Gasteiger partial charge >= 0.3 is 0 Å². The van der Waals surface area contributed by atoms with Crippen LogP contribution in [0.3, 0.4) is 0 Å². The Morgan fingerprint density at radius 3 is 2.79 bits per heavy atom. The highest BCUT2D eigenvalue weighted by molar-refractivity contribution is 6.33. The molecule has 1 amide bonds. The molecule has 0 aliphatic heterocycles. The van der Waals surface area contributed by atoms with Crippen molar-refractivity contribution in [2.45, 2.75) is 20.3 Å². The topological polar surface area (TPSA) is 51.5 Å². The van der Waals surface area contributed by atoms with E-state index >= 15 is 0 Å². The summed E-state index contributed by atoms with van der Waals surface area (Å²) in [6, 6.07) is 9.20. The minimum atomic E-state index is -0.140. The molecule has 1 N–H and O–H groups in total. The maximum Gasteiger partial charge on any atom is 0.229 e. The molecule has 0 fully saturated rings. The van der Waals surface area contributed by atoms with Crippen LogP contribution in [0.2, 0.25) is 5.02 Å². The number of halogens is 1. The molecular formula is C19H18ClNO3. The van der Waals surface area contributed by atoms with Gasteiger partial charge in [0, 0.05) is 16.0 Å². The zero-order valence-corrected chi connectivity index (χ0v) is 14.5. The Kier molecular flexibility index (Phi) is 4.49. The van der Waals surface area contributed by atoms with Crippen molar-refractivity contribution in [1.29, 1.82) is 0 Å². The predicted molar refractivity (Wildman–Crippen MR) is 96.0 cm³/mol. The Balaban J connectivity index is 1.87. The van der Waals surface area contributed by atoms with E-state index in [4.69, 9.17) is 20.8 Å². The first-order valence-electron chi connectivity index (χ1n) is 7.60. The largest absolute Gasteiger partial charge is 0.495 e. The van der Waals surface area contributed by atoms with Gasteiger partial charge in [-0.25, -0.2) is 0 Å². The Morgan fingerprint density at radius 2 is 2.04 bits per heavy atom. The minimum Gasteiger partial charge on any atom is -0.495 e. The first-order chi connectivity index (χ1) is 11.5. The van der Waals surface area contributed by atoms with Gasteiger partial charge in [-0.05, 0) is 43.2 Å². The van der Waals surface area contributed by atoms with Crippen LogP contribution in [0.25, 0.3) is 11.0 Å². The van der Waals surface area contributed by atoms with Gasteiger partial charge in [-0.3, -0.25) is 4.79 Å². The molecule has 124 valence electrons. The second-order valence-corrected chi connectivity index (χ2v) is 6.07. The van der Waals surface area contributed by atoms with Crippen LogP contribution < -0.4 is 10.1 Å². The molecule has 0 bridgehead atoms. The summed E-state index contributed by atoms with van der Waals surface area (Å²) in [5.41, 5.74) is 4.09. The number of fused-ring (bicyclic) bond motifs is 1. The van der Waals surface area contributed by atoms with Gasteiger partial charge in [0.25, 0.3) is 0 Å². The fraction of sp³-hybridized carbons (Fsp3) is 0.211. The van der Waals surface area contributed by atoms with Gasteiger partial charge in [0.2, 0.25) is 5.91 Å². The molecule has 2 aromatic carbocycles. The predicted octanol–water partition coefficient (Wildman–Crippen LogP) is 4.89. The number of anilines is 1. The van der Waals surface area contributed by atoms with Gasteiger partial charge in [0.1, 0.15) is 11.3 Å². The van der Waals surface area contributed by atoms with Crippen LogP contribution in [0.4, 0.5) is 5.69 Å². The molecular weight excluding hydrogens is 326 g/mol. The summed E-state index contributed by atoms with van der Waals surface area (Å²) >= 11 is 6.33. The van der Waals surface area contributed by atoms with Crippen molar-refractivity contribution in [2.24, 2.45) is 0 Å². The van der Waals surface area contributed by atoms with E-state index in [1.54, 1.807) is 25.5 Å². The van der Waals surface area contributed by atoms with E-state index in [2.05, 4.69) is 5.32 Å². The van der Waals surface area contributed by atoms with Crippen LogP contribution in [-0.4, -0.2) is 13.0 Å². The van der Waals surface area contributed by atoms with E-state index in [1.807, 2.05) is 32.0 Å². The standard InChI is InChI=1S/C19H18ClNO3/c1-11-8-16-18(12(2)19(11)20)13(10-24-16)9-17(22)21-14-6-4-5-7-15(14)23-3/h4-8,10H,9H2,1-3H3,(H,21,22). The first kappa shape index (κ1) is 16.4. The number of methoxy groups -OCH3 is 1. The fourth-order valence-corrected chi connectivity index (χ4v) is 3.00. The summed E-state index contributed by atoms with van der Waals surface area (Å²) in [7, 11) is 1.57. The highest BCUT2D eigenvalue weighted by Crippen LogP contribution is 2.33. The second kappa shape index (κ2) is 6.57. The molecule has 3 rings (SSSR count). The summed E-state index contributed by atoms with van der Waals surface area (Å²) in [6.45, 7) is 3.88. The monoisotopic (exact) mass is 343 g/mol. The number of ether oxygens (including phenoxy) is 1. The quantitative estimate of drug-likeness (QED) is 0.733. The van der Waals surface area contributed by atoms with Gasteiger partial charge < -0.3 is 14.5 Å². The van der Waals surface area contributed by atoms with Crippen molar-refractivity contribution in [3.05, 3.63) is 58.3 Å². The Labute approximate surface area is 145 Å². The molecule has 0 unspecified atom stereocenters. The summed E-state index contributed by atoms with van der Waals surface area (Å²) in [6.07, 6.45) is 1.82. The highest BCUT2D eigenvalue weighted by Gasteiger charge is 2.16. The first-order valence-corrected chi connectivity index (χ1v) is 7.97. The number of para-hydroxylation sites is 2. The lowest BCUT2D eigenvalue weighted by Crippen LogP contribution is -2.14. The number of benzene rings is 2. The van der Waals surface area contributed by atoms with E-state index in [-0.39, 0.29) is 12.3 Å². The lowest BCUT2D eigenvalue weighted by molar-refractivity contribution is -0.115. The summed E-state index contributed by atoms with van der Waals surface area (Å²) in [5, 5.41) is 4.48. The average Bonchev–Trinajstić information content (AvgIpc) is 2.95. The maximum atomic E-state index is 12.4. The van der Waals surface area contributed by atoms with Crippen LogP contribution in [-0.2, 0) is 11.2 Å². The molecule has 0 spiro atoms. The zero-order valence-electron chi connectivity index (χ0n) is 13.8. The summed E-state index contributed by atoms with van der Waals surface area (Å²) in [4.78, 5) is 12.4. The Hall–Kier alpha value is -2.46. The number of aryl methyl sites for hydroxylation is 2. The molecule has 24 heavy (non-hydrogen) atoms. The molecule has 0 aliphatic rings. The molecule has 0 radical (unpaired) electrons. The number of nitrogens with one attached hydrogen (secondary N) is 1. The van der Waals surface area contributed by atoms with Crippen LogP contribution in [0.1, 0.15) is 16.7 Å². The molecule has 0 aliphatic carbocycles. The maximum absolute atomic E-state index is 12.4. The number of carbonyl (C=O) groups is 1. The molecule has 0 atom stereocenters. The third-order valence-corrected chi connectivity index (χ3v) is 4.61. The molecule has 1 aromatic heterocycles. The lowest BCUT2D eigenvalue weighted by atomic mass is 10.0. The Bertz CT molecular complexity index is 914. The normalized spacial score (nSPS) is 10.8. The van der Waals surface area contributed by atoms with Gasteiger partial charge in [-0.1, -0.05) is 23.7 Å². The van der Waals surface area contributed by atoms with Crippen LogP contribution >= 0.6 is 11.6 Å². The summed E-state index contributed by atoms with van der Waals surface area (Å²) in [5.74, 6) is 0.482. The zero-order chi connectivity index (χ0) is 17.3. The van der Waals surface area contributed by atoms with Crippen LogP contribution in [0.15, 0.2) is 41.0 Å². The minimum absolute atomic E-state index is 0.140. The number of amides is 1. The smallest absolute Gasteiger partial charge is 0.229 e. The van der Waals surface area contributed by atoms with Crippen molar-refractivity contribution in [1.82, 2.24) is 0 Å². The van der Waals surface area contributed by atoms with Crippen LogP contribution in [0, 0.1) is 13.8 Å². The molecule has 3 aromatic rings. The van der Waals surface area contributed by atoms with E-state index < -0.39 is 0 Å². The average molecular weight is 344 g/mol. The van der Waals surface area contributed by atoms with E-state index in [0.717, 1.165) is 27.7 Å². The number of hydrogen-bond donors (Lipinski definition) is 1. The second-order valence-electron chi connectivity index (χ2n) is 5.69. The van der Waals surface area contributed by atoms with E-state index in [9.17, 15) is 4.79 Å². The molecule has 1 heterocycles. The fourth-order valence-electron chi connectivity index (χ4n) is 2.85. The van der Waals surface area contributed by atoms with Crippen molar-refractivity contribution in [3.8, 4) is 5.75 Å². The number of rotatable bonds is 4. The van der Waals surface area contributed by atoms with Crippen molar-refractivity contribution in [3.63, 3.8) is 0 Å². The van der Waals surface area contributed by atoms with Crippen molar-refractivity contribution < 1.29 is 13.9 Å². The molecule has 0 saturated heterocycles. The number of carbonyl (C=O) groups excluding carboxylic acids is 1. The number of furan rings is 1. The Morgan fingerprint density at radius 1 is 1.29 bits per heavy atom. The number of hydrogen-bond acceptors (Lipinski definition) is 3. The van der Waals surface area contributed by atoms with Gasteiger partial charge in [0.05, 0.1) is 25.5 Å². The lowest BCUT2D eigenvalue weighted by Gasteiger charge is -2.10. The third-order valence-electron chi connectivity index (χ3n) is 4.03. The highest BCUT2D eigenvalue weighted by atomic mass is 35.5. The van der Waals surface area contributed by atoms with Crippen molar-refractivity contribution >= 4 is 34.2 Å². The van der Waals surface area contributed by atoms with Gasteiger partial charge in [-0.15, -0.1) is 0 Å². The van der Waals surface area contributed by atoms with Gasteiger partial charge in [-0.2, -0.15) is 0 Å². The van der Waals surface area contributed by atoms with Crippen molar-refractivity contribution in [2.75, 3.05) is 12.4 Å². The SMILES string of the molecule is COc1ccccc1NC(=O)Cc1coc2cc(C)c(Cl)c(C)c12. The third kappa shape index (κ3) is 2.97. The van der Waals surface area contributed by atoms with E-state index in [0.29, 0.717) is 16.5 Å².